The molecular weight excluding hydrogens is 351 g/mol. The van der Waals surface area contributed by atoms with Crippen LogP contribution in [0.4, 0.5) is 0 Å². The predicted octanol–water partition coefficient (Wildman–Crippen LogP) is 6.71. The zero-order valence-electron chi connectivity index (χ0n) is 13.2. The van der Waals surface area contributed by atoms with Crippen LogP contribution in [0.25, 0.3) is 34.2 Å². The van der Waals surface area contributed by atoms with Crippen molar-refractivity contribution in [1.82, 2.24) is 9.97 Å². The Bertz CT molecular complexity index is 1080. The van der Waals surface area contributed by atoms with Gasteiger partial charge in [0.05, 0.1) is 10.7 Å². The maximum atomic E-state index is 6.25. The van der Waals surface area contributed by atoms with Gasteiger partial charge >= 0.3 is 0 Å². The smallest absolute Gasteiger partial charge is 0.130 e. The van der Waals surface area contributed by atoms with E-state index in [-0.39, 0.29) is 0 Å². The number of halogens is 2. The largest absolute Gasteiger partial charge is 0.344 e. The van der Waals surface area contributed by atoms with Crippen molar-refractivity contribution in [3.8, 4) is 11.3 Å². The molecule has 0 aliphatic carbocycles. The number of benzene rings is 3. The summed E-state index contributed by atoms with van der Waals surface area (Å²) in [5.74, 6) is 0.772. The van der Waals surface area contributed by atoms with Crippen molar-refractivity contribution >= 4 is 46.1 Å². The van der Waals surface area contributed by atoms with Crippen molar-refractivity contribution in [1.29, 1.82) is 0 Å². The van der Waals surface area contributed by atoms with Gasteiger partial charge in [-0.2, -0.15) is 0 Å². The zero-order chi connectivity index (χ0) is 17.2. The summed E-state index contributed by atoms with van der Waals surface area (Å²) in [5, 5.41) is 3.65. The van der Waals surface area contributed by atoms with Crippen molar-refractivity contribution in [3.05, 3.63) is 88.3 Å². The van der Waals surface area contributed by atoms with Crippen molar-refractivity contribution in [2.24, 2.45) is 0 Å². The Morgan fingerprint density at radius 2 is 1.68 bits per heavy atom. The molecule has 122 valence electrons. The number of imidazole rings is 1. The number of nitrogens with one attached hydrogen (secondary N) is 1. The molecule has 1 N–H and O–H groups in total. The lowest BCUT2D eigenvalue weighted by atomic mass is 10.1. The van der Waals surface area contributed by atoms with Gasteiger partial charge in [0.25, 0.3) is 0 Å². The minimum atomic E-state index is 0.587. The van der Waals surface area contributed by atoms with Crippen LogP contribution >= 0.6 is 23.2 Å². The lowest BCUT2D eigenvalue weighted by molar-refractivity contribution is 1.27. The quantitative estimate of drug-likeness (QED) is 0.430. The van der Waals surface area contributed by atoms with Crippen LogP contribution in [0.15, 0.2) is 66.9 Å². The van der Waals surface area contributed by atoms with E-state index in [4.69, 9.17) is 23.2 Å². The highest BCUT2D eigenvalue weighted by molar-refractivity contribution is 6.36. The van der Waals surface area contributed by atoms with Crippen LogP contribution in [0.2, 0.25) is 10.0 Å². The van der Waals surface area contributed by atoms with Gasteiger partial charge in [0.15, 0.2) is 0 Å². The molecule has 0 atom stereocenters. The third-order valence-electron chi connectivity index (χ3n) is 4.01. The standard InChI is InChI=1S/C21H14Cl2N2/c22-17-8-9-18(19(23)12-17)20-13-24-21(25-20)10-6-14-5-7-15-3-1-2-4-16(15)11-14/h1-13H,(H,24,25)/b10-6+. The first-order valence-electron chi connectivity index (χ1n) is 7.87. The molecule has 0 spiro atoms. The van der Waals surface area contributed by atoms with E-state index >= 15 is 0 Å². The van der Waals surface area contributed by atoms with E-state index in [2.05, 4.69) is 40.3 Å². The Morgan fingerprint density at radius 3 is 2.52 bits per heavy atom. The van der Waals surface area contributed by atoms with Crippen LogP contribution in [0.3, 0.4) is 0 Å². The molecule has 1 aromatic heterocycles. The fraction of sp³-hybridized carbons (Fsp3) is 0. The van der Waals surface area contributed by atoms with E-state index in [1.807, 2.05) is 42.6 Å². The van der Waals surface area contributed by atoms with E-state index in [0.717, 1.165) is 22.6 Å². The summed E-state index contributed by atoms with van der Waals surface area (Å²) in [4.78, 5) is 7.74. The number of hydrogen-bond acceptors (Lipinski definition) is 1. The average Bonchev–Trinajstić information content (AvgIpc) is 3.08. The van der Waals surface area contributed by atoms with E-state index in [1.165, 1.54) is 10.8 Å². The molecule has 3 aromatic carbocycles. The minimum absolute atomic E-state index is 0.587. The van der Waals surface area contributed by atoms with E-state index in [9.17, 15) is 0 Å². The van der Waals surface area contributed by atoms with Crippen LogP contribution in [-0.2, 0) is 0 Å². The minimum Gasteiger partial charge on any atom is -0.344 e. The molecule has 4 heteroatoms. The number of hydrogen-bond donors (Lipinski definition) is 1. The maximum absolute atomic E-state index is 6.25. The maximum Gasteiger partial charge on any atom is 0.130 e. The zero-order valence-corrected chi connectivity index (χ0v) is 14.7. The highest BCUT2D eigenvalue weighted by Gasteiger charge is 2.07. The summed E-state index contributed by atoms with van der Waals surface area (Å²) >= 11 is 12.2. The number of rotatable bonds is 3. The predicted molar refractivity (Wildman–Crippen MR) is 107 cm³/mol. The normalized spacial score (nSPS) is 11.4. The summed E-state index contributed by atoms with van der Waals surface area (Å²) in [6, 6.07) is 20.1. The monoisotopic (exact) mass is 364 g/mol. The number of aromatic nitrogens is 2. The van der Waals surface area contributed by atoms with Gasteiger partial charge < -0.3 is 4.98 Å². The van der Waals surface area contributed by atoms with E-state index in [1.54, 1.807) is 6.07 Å². The highest BCUT2D eigenvalue weighted by Crippen LogP contribution is 2.29. The van der Waals surface area contributed by atoms with Gasteiger partial charge in [0.2, 0.25) is 0 Å². The fourth-order valence-electron chi connectivity index (χ4n) is 2.74. The van der Waals surface area contributed by atoms with Gasteiger partial charge in [-0.3, -0.25) is 0 Å². The molecule has 0 unspecified atom stereocenters. The van der Waals surface area contributed by atoms with Crippen molar-refractivity contribution in [2.45, 2.75) is 0 Å². The molecule has 4 aromatic rings. The second-order valence-corrected chi connectivity index (χ2v) is 6.58. The van der Waals surface area contributed by atoms with Crippen LogP contribution in [0.5, 0.6) is 0 Å². The van der Waals surface area contributed by atoms with Crippen LogP contribution < -0.4 is 0 Å². The molecule has 0 aliphatic heterocycles. The summed E-state index contributed by atoms with van der Waals surface area (Å²) in [6.07, 6.45) is 5.84. The molecule has 25 heavy (non-hydrogen) atoms. The Labute approximate surface area is 155 Å². The summed E-state index contributed by atoms with van der Waals surface area (Å²) in [7, 11) is 0. The number of nitrogens with zero attached hydrogens (tertiary/aromatic N) is 1. The van der Waals surface area contributed by atoms with Crippen molar-refractivity contribution in [2.75, 3.05) is 0 Å². The summed E-state index contributed by atoms with van der Waals surface area (Å²) in [5.41, 5.74) is 2.77. The van der Waals surface area contributed by atoms with Crippen LogP contribution in [-0.4, -0.2) is 9.97 Å². The summed E-state index contributed by atoms with van der Waals surface area (Å²) in [6.45, 7) is 0. The fourth-order valence-corrected chi connectivity index (χ4v) is 3.25. The van der Waals surface area contributed by atoms with Crippen molar-refractivity contribution < 1.29 is 0 Å². The second kappa shape index (κ2) is 6.75. The summed E-state index contributed by atoms with van der Waals surface area (Å²) < 4.78 is 0. The lowest BCUT2D eigenvalue weighted by Crippen LogP contribution is -1.80. The van der Waals surface area contributed by atoms with Gasteiger partial charge in [-0.25, -0.2) is 4.98 Å². The van der Waals surface area contributed by atoms with Gasteiger partial charge in [-0.1, -0.05) is 65.7 Å². The number of aromatic amines is 1. The third kappa shape index (κ3) is 3.46. The SMILES string of the molecule is Clc1ccc(-c2c[nH]c(/C=C/c3ccc4ccccc4c3)n2)c(Cl)c1. The first-order valence-corrected chi connectivity index (χ1v) is 8.62. The van der Waals surface area contributed by atoms with Crippen LogP contribution in [0.1, 0.15) is 11.4 Å². The van der Waals surface area contributed by atoms with Gasteiger partial charge in [-0.05, 0) is 46.7 Å². The molecule has 0 saturated carbocycles. The molecule has 4 rings (SSSR count). The Hall–Kier alpha value is -2.55. The first kappa shape index (κ1) is 15.9. The molecule has 0 bridgehead atoms. The van der Waals surface area contributed by atoms with Crippen molar-refractivity contribution in [3.63, 3.8) is 0 Å². The Kier molecular flexibility index (Phi) is 4.31. The van der Waals surface area contributed by atoms with E-state index in [0.29, 0.717) is 10.0 Å². The van der Waals surface area contributed by atoms with Gasteiger partial charge in [0, 0.05) is 16.8 Å². The highest BCUT2D eigenvalue weighted by atomic mass is 35.5. The van der Waals surface area contributed by atoms with Gasteiger partial charge in [0.1, 0.15) is 5.82 Å². The first-order chi connectivity index (χ1) is 12.2. The molecule has 0 radical (unpaired) electrons. The number of H-pyrrole nitrogens is 1. The Balaban J connectivity index is 1.60. The molecule has 0 fully saturated rings. The second-order valence-electron chi connectivity index (χ2n) is 5.74. The molecular formula is C21H14Cl2N2. The van der Waals surface area contributed by atoms with Crippen LogP contribution in [0, 0.1) is 0 Å². The lowest BCUT2D eigenvalue weighted by Gasteiger charge is -2.00. The average molecular weight is 365 g/mol. The Morgan fingerprint density at radius 1 is 0.840 bits per heavy atom. The van der Waals surface area contributed by atoms with E-state index < -0.39 is 0 Å². The molecule has 2 nitrogen and oxygen atoms in total. The molecule has 0 aliphatic rings. The molecule has 1 heterocycles. The topological polar surface area (TPSA) is 28.7 Å². The number of fused-ring (bicyclic) bond motifs is 1. The molecule has 0 amide bonds. The molecule has 0 saturated heterocycles. The third-order valence-corrected chi connectivity index (χ3v) is 4.56. The van der Waals surface area contributed by atoms with Gasteiger partial charge in [-0.15, -0.1) is 0 Å².